The summed E-state index contributed by atoms with van der Waals surface area (Å²) in [4.78, 5) is 34.5. The van der Waals surface area contributed by atoms with Crippen molar-refractivity contribution in [3.05, 3.63) is 52.3 Å². The van der Waals surface area contributed by atoms with Crippen LogP contribution in [0.3, 0.4) is 0 Å². The van der Waals surface area contributed by atoms with Gasteiger partial charge in [-0.05, 0) is 62.6 Å². The maximum absolute atomic E-state index is 13.8. The summed E-state index contributed by atoms with van der Waals surface area (Å²) in [6, 6.07) is 8.10. The molecule has 2 aromatic rings. The number of carbonyl (C=O) groups excluding carboxylic acids is 2. The molecule has 1 saturated carbocycles. The first kappa shape index (κ1) is 31.0. The molecule has 9 heteroatoms. The smallest absolute Gasteiger partial charge is 0.305 e. The van der Waals surface area contributed by atoms with E-state index in [-0.39, 0.29) is 40.7 Å². The van der Waals surface area contributed by atoms with Crippen molar-refractivity contribution >= 4 is 40.3 Å². The van der Waals surface area contributed by atoms with Gasteiger partial charge in [-0.2, -0.15) is 0 Å². The molecule has 2 fully saturated rings. The van der Waals surface area contributed by atoms with E-state index >= 15 is 0 Å². The van der Waals surface area contributed by atoms with E-state index in [1.54, 1.807) is 0 Å². The molecule has 8 nitrogen and oxygen atoms in total. The highest BCUT2D eigenvalue weighted by molar-refractivity contribution is 8.93. The third-order valence-corrected chi connectivity index (χ3v) is 7.96. The highest BCUT2D eigenvalue weighted by Gasteiger charge is 2.32. The second kappa shape index (κ2) is 12.9. The van der Waals surface area contributed by atoms with E-state index < -0.39 is 0 Å². The second-order valence-electron chi connectivity index (χ2n) is 12.2. The van der Waals surface area contributed by atoms with Gasteiger partial charge in [0.2, 0.25) is 0 Å². The fourth-order valence-corrected chi connectivity index (χ4v) is 5.58. The van der Waals surface area contributed by atoms with Crippen LogP contribution in [-0.2, 0) is 21.5 Å². The molecule has 0 spiro atoms. The predicted octanol–water partition coefficient (Wildman–Crippen LogP) is 6.18. The van der Waals surface area contributed by atoms with Crippen molar-refractivity contribution in [3.8, 4) is 5.75 Å². The van der Waals surface area contributed by atoms with Crippen LogP contribution in [0.15, 0.2) is 24.3 Å². The third kappa shape index (κ3) is 7.11. The average Bonchev–Trinajstić information content (AvgIpc) is 3.53. The first-order valence-electron chi connectivity index (χ1n) is 14.7. The molecule has 41 heavy (non-hydrogen) atoms. The number of aromatic nitrogens is 1. The van der Waals surface area contributed by atoms with E-state index in [0.717, 1.165) is 59.9 Å². The number of esters is 1. The molecule has 1 aromatic heterocycles. The number of rotatable bonds is 11. The fourth-order valence-electron chi connectivity index (χ4n) is 5.58. The van der Waals surface area contributed by atoms with E-state index in [1.807, 2.05) is 24.0 Å². The standard InChI is InChI=1S/C32H42N4O4.BrH/c1-5-39-28(38)9-8-16-40-30-24(32(2,3)4)17-23(18-26(30)35-14-6-7-15-35)27(37)20-36-19-22-12-13-25(21-10-11-21)34-29(22)31(36)33;/h12-13,17-18,21,33H,5-11,14-16,19-20H2,1-4H3;1H. The van der Waals surface area contributed by atoms with Gasteiger partial charge in [-0.15, -0.1) is 17.0 Å². The number of nitrogens with zero attached hydrogens (tertiary/aromatic N) is 3. The minimum atomic E-state index is -0.263. The number of ether oxygens (including phenoxy) is 2. The number of ketones is 1. The SMILES string of the molecule is Br.CCOC(=O)CCCOc1c(N2CCCC2)cc(C(=O)CN2Cc3ccc(C4CC4)nc3C2=N)cc1C(C)(C)C. The summed E-state index contributed by atoms with van der Waals surface area (Å²) in [5.41, 5.74) is 5.10. The Morgan fingerprint density at radius 2 is 1.85 bits per heavy atom. The molecule has 0 amide bonds. The van der Waals surface area contributed by atoms with Crippen molar-refractivity contribution < 1.29 is 19.1 Å². The molecule has 222 valence electrons. The number of benzene rings is 1. The summed E-state index contributed by atoms with van der Waals surface area (Å²) in [6.45, 7) is 11.5. The van der Waals surface area contributed by atoms with Gasteiger partial charge in [-0.25, -0.2) is 4.98 Å². The molecule has 0 bridgehead atoms. The van der Waals surface area contributed by atoms with E-state index in [2.05, 4.69) is 37.8 Å². The normalized spacial score (nSPS) is 16.4. The summed E-state index contributed by atoms with van der Waals surface area (Å²) in [7, 11) is 0. The second-order valence-corrected chi connectivity index (χ2v) is 12.2. The summed E-state index contributed by atoms with van der Waals surface area (Å²) in [5.74, 6) is 1.44. The predicted molar refractivity (Wildman–Crippen MR) is 166 cm³/mol. The maximum atomic E-state index is 13.8. The molecule has 0 unspecified atom stereocenters. The Bertz CT molecular complexity index is 1300. The van der Waals surface area contributed by atoms with Crippen LogP contribution in [0.25, 0.3) is 0 Å². The first-order chi connectivity index (χ1) is 19.2. The molecule has 0 radical (unpaired) electrons. The molecule has 3 aliphatic rings. The zero-order chi connectivity index (χ0) is 28.4. The van der Waals surface area contributed by atoms with Crippen LogP contribution in [0.2, 0.25) is 0 Å². The van der Waals surface area contributed by atoms with E-state index in [9.17, 15) is 9.59 Å². The quantitative estimate of drug-likeness (QED) is 0.181. The van der Waals surface area contributed by atoms with Gasteiger partial charge in [0.15, 0.2) is 5.78 Å². The molecule has 0 atom stereocenters. The van der Waals surface area contributed by atoms with Gasteiger partial charge >= 0.3 is 5.97 Å². The lowest BCUT2D eigenvalue weighted by Crippen LogP contribution is -2.31. The molecular weight excluding hydrogens is 584 g/mol. The topological polar surface area (TPSA) is 95.8 Å². The lowest BCUT2D eigenvalue weighted by atomic mass is 9.84. The lowest BCUT2D eigenvalue weighted by Gasteiger charge is -2.30. The van der Waals surface area contributed by atoms with Gasteiger partial charge in [0.05, 0.1) is 25.4 Å². The zero-order valence-electron chi connectivity index (χ0n) is 24.8. The zero-order valence-corrected chi connectivity index (χ0v) is 26.5. The monoisotopic (exact) mass is 626 g/mol. The number of hydrogen-bond donors (Lipinski definition) is 1. The molecule has 1 aliphatic carbocycles. The Morgan fingerprint density at radius 1 is 1.12 bits per heavy atom. The van der Waals surface area contributed by atoms with E-state index in [4.69, 9.17) is 19.9 Å². The van der Waals surface area contributed by atoms with Crippen molar-refractivity contribution in [3.63, 3.8) is 0 Å². The fraction of sp³-hybridized carbons (Fsp3) is 0.562. The Kier molecular flexibility index (Phi) is 9.77. The molecule has 3 heterocycles. The minimum absolute atomic E-state index is 0. The number of nitrogens with one attached hydrogen (secondary N) is 1. The number of fused-ring (bicyclic) bond motifs is 1. The van der Waals surface area contributed by atoms with E-state index in [1.165, 1.54) is 12.8 Å². The maximum Gasteiger partial charge on any atom is 0.305 e. The summed E-state index contributed by atoms with van der Waals surface area (Å²) >= 11 is 0. The first-order valence-corrected chi connectivity index (χ1v) is 14.7. The van der Waals surface area contributed by atoms with Crippen LogP contribution >= 0.6 is 17.0 Å². The van der Waals surface area contributed by atoms with Gasteiger partial charge in [0.1, 0.15) is 17.3 Å². The highest BCUT2D eigenvalue weighted by Crippen LogP contribution is 2.42. The highest BCUT2D eigenvalue weighted by atomic mass is 79.9. The molecular formula is C32H43BrN4O4. The Hall–Kier alpha value is -2.94. The van der Waals surface area contributed by atoms with Crippen LogP contribution in [0, 0.1) is 5.41 Å². The largest absolute Gasteiger partial charge is 0.491 e. The summed E-state index contributed by atoms with van der Waals surface area (Å²) in [5, 5.41) is 8.76. The van der Waals surface area contributed by atoms with Crippen LogP contribution in [-0.4, -0.2) is 60.3 Å². The van der Waals surface area contributed by atoms with Crippen molar-refractivity contribution in [2.75, 3.05) is 37.7 Å². The van der Waals surface area contributed by atoms with E-state index in [0.29, 0.717) is 49.9 Å². The molecule has 5 rings (SSSR count). The van der Waals surface area contributed by atoms with Crippen LogP contribution in [0.1, 0.15) is 105 Å². The molecule has 1 saturated heterocycles. The number of pyridine rings is 1. The molecule has 1 aromatic carbocycles. The van der Waals surface area contributed by atoms with Crippen molar-refractivity contribution in [1.29, 1.82) is 5.41 Å². The number of halogens is 1. The van der Waals surface area contributed by atoms with Gasteiger partial charge in [-0.1, -0.05) is 26.8 Å². The summed E-state index contributed by atoms with van der Waals surface area (Å²) < 4.78 is 11.4. The average molecular weight is 628 g/mol. The molecule has 2 aliphatic heterocycles. The van der Waals surface area contributed by atoms with Gasteiger partial charge in [0, 0.05) is 54.4 Å². The van der Waals surface area contributed by atoms with Crippen molar-refractivity contribution in [2.45, 2.75) is 84.1 Å². The molecule has 1 N–H and O–H groups in total. The van der Waals surface area contributed by atoms with Crippen molar-refractivity contribution in [1.82, 2.24) is 9.88 Å². The number of Topliss-reactive ketones (excluding diaryl/α,β-unsaturated/α-hetero) is 1. The Labute approximate surface area is 254 Å². The lowest BCUT2D eigenvalue weighted by molar-refractivity contribution is -0.143. The summed E-state index contributed by atoms with van der Waals surface area (Å²) in [6.07, 6.45) is 5.42. The number of amidine groups is 1. The van der Waals surface area contributed by atoms with Crippen molar-refractivity contribution in [2.24, 2.45) is 0 Å². The van der Waals surface area contributed by atoms with Gasteiger partial charge < -0.3 is 19.3 Å². The van der Waals surface area contributed by atoms with Gasteiger partial charge in [0.25, 0.3) is 0 Å². The van der Waals surface area contributed by atoms with Gasteiger partial charge in [-0.3, -0.25) is 15.0 Å². The Morgan fingerprint density at radius 3 is 2.51 bits per heavy atom. The Balaban J connectivity index is 0.00000387. The minimum Gasteiger partial charge on any atom is -0.491 e. The number of hydrogen-bond acceptors (Lipinski definition) is 7. The van der Waals surface area contributed by atoms with Crippen LogP contribution in [0.5, 0.6) is 5.75 Å². The number of anilines is 1. The third-order valence-electron chi connectivity index (χ3n) is 7.96. The van der Waals surface area contributed by atoms with Crippen LogP contribution in [0.4, 0.5) is 5.69 Å². The number of carbonyl (C=O) groups is 2. The van der Waals surface area contributed by atoms with Crippen LogP contribution < -0.4 is 9.64 Å².